The van der Waals surface area contributed by atoms with Gasteiger partial charge in [0.15, 0.2) is 16.7 Å². The highest BCUT2D eigenvalue weighted by molar-refractivity contribution is 6.31. The van der Waals surface area contributed by atoms with Crippen molar-refractivity contribution < 1.29 is 9.47 Å². The van der Waals surface area contributed by atoms with Crippen LogP contribution in [0.2, 0.25) is 5.15 Å². The maximum Gasteiger partial charge on any atom is 0.198 e. The maximum absolute atomic E-state index is 5.94. The number of rotatable bonds is 6. The van der Waals surface area contributed by atoms with Gasteiger partial charge in [-0.1, -0.05) is 23.7 Å². The Morgan fingerprint density at radius 1 is 1.30 bits per heavy atom. The molecule has 1 heterocycles. The van der Waals surface area contributed by atoms with E-state index in [1.54, 1.807) is 0 Å². The molecule has 1 aromatic carbocycles. The van der Waals surface area contributed by atoms with Crippen LogP contribution in [0.4, 0.5) is 5.82 Å². The van der Waals surface area contributed by atoms with E-state index in [9.17, 15) is 0 Å². The Balaban J connectivity index is 2.09. The summed E-state index contributed by atoms with van der Waals surface area (Å²) >= 11 is 5.94. The highest BCUT2D eigenvalue weighted by Gasteiger charge is 2.09. The third-order valence-corrected chi connectivity index (χ3v) is 2.90. The summed E-state index contributed by atoms with van der Waals surface area (Å²) in [6.45, 7) is 3.19. The average Bonchev–Trinajstić information content (AvgIpc) is 2.46. The minimum absolute atomic E-state index is 0.285. The molecule has 0 radical (unpaired) electrons. The second-order valence-electron chi connectivity index (χ2n) is 3.98. The molecular weight excluding hydrogens is 278 g/mol. The van der Waals surface area contributed by atoms with Gasteiger partial charge in [0.05, 0.1) is 13.7 Å². The van der Waals surface area contributed by atoms with Crippen LogP contribution in [-0.4, -0.2) is 23.7 Å². The van der Waals surface area contributed by atoms with Crippen molar-refractivity contribution in [2.75, 3.05) is 19.0 Å². The number of hydrogen-bond donors (Lipinski definition) is 1. The van der Waals surface area contributed by atoms with Gasteiger partial charge >= 0.3 is 0 Å². The lowest BCUT2D eigenvalue weighted by Gasteiger charge is -2.11. The minimum atomic E-state index is 0.285. The molecule has 0 bridgehead atoms. The summed E-state index contributed by atoms with van der Waals surface area (Å²) in [4.78, 5) is 7.99. The summed E-state index contributed by atoms with van der Waals surface area (Å²) in [6, 6.07) is 7.86. The number of methoxy groups -OCH3 is 1. The number of nitrogens with zero attached hydrogens (tertiary/aromatic N) is 2. The van der Waals surface area contributed by atoms with Gasteiger partial charge in [0.25, 0.3) is 0 Å². The van der Waals surface area contributed by atoms with E-state index in [0.29, 0.717) is 24.7 Å². The van der Waals surface area contributed by atoms with Crippen LogP contribution in [0.15, 0.2) is 30.6 Å². The summed E-state index contributed by atoms with van der Waals surface area (Å²) < 4.78 is 10.6. The van der Waals surface area contributed by atoms with Crippen molar-refractivity contribution in [3.8, 4) is 11.5 Å². The number of hydrogen-bond acceptors (Lipinski definition) is 5. The second kappa shape index (κ2) is 6.96. The molecule has 0 atom stereocenters. The summed E-state index contributed by atoms with van der Waals surface area (Å²) in [6.07, 6.45) is 1.39. The number of aromatic nitrogens is 2. The molecular formula is C14H16ClN3O2. The van der Waals surface area contributed by atoms with Gasteiger partial charge in [-0.2, -0.15) is 0 Å². The largest absolute Gasteiger partial charge is 0.494 e. The first-order valence-electron chi connectivity index (χ1n) is 6.24. The highest BCUT2D eigenvalue weighted by atomic mass is 35.5. The summed E-state index contributed by atoms with van der Waals surface area (Å²) in [5.41, 5.74) is 1.08. The standard InChI is InChI=1S/C14H16ClN3O2/c1-3-20-11-6-4-5-10(7-11)8-16-14-12(19-2)13(15)17-9-18-14/h4-7,9H,3,8H2,1-2H3,(H,16,17,18). The number of nitrogens with one attached hydrogen (secondary N) is 1. The molecule has 2 rings (SSSR count). The van der Waals surface area contributed by atoms with Crippen LogP contribution in [0.25, 0.3) is 0 Å². The van der Waals surface area contributed by atoms with E-state index in [2.05, 4.69) is 15.3 Å². The SMILES string of the molecule is CCOc1cccc(CNc2ncnc(Cl)c2OC)c1. The van der Waals surface area contributed by atoms with Crippen LogP contribution >= 0.6 is 11.6 Å². The van der Waals surface area contributed by atoms with Crippen molar-refractivity contribution >= 4 is 17.4 Å². The van der Waals surface area contributed by atoms with Gasteiger partial charge in [0.1, 0.15) is 12.1 Å². The quantitative estimate of drug-likeness (QED) is 0.829. The first kappa shape index (κ1) is 14.4. The first-order valence-corrected chi connectivity index (χ1v) is 6.62. The molecule has 0 unspecified atom stereocenters. The zero-order chi connectivity index (χ0) is 14.4. The fraction of sp³-hybridized carbons (Fsp3) is 0.286. The second-order valence-corrected chi connectivity index (χ2v) is 4.34. The summed E-state index contributed by atoms with van der Waals surface area (Å²) in [5, 5.41) is 3.46. The topological polar surface area (TPSA) is 56.3 Å². The molecule has 0 spiro atoms. The molecule has 5 nitrogen and oxygen atoms in total. The average molecular weight is 294 g/mol. The van der Waals surface area contributed by atoms with Gasteiger partial charge in [-0.05, 0) is 24.6 Å². The fourth-order valence-corrected chi connectivity index (χ4v) is 1.97. The molecule has 1 aromatic heterocycles. The van der Waals surface area contributed by atoms with Crippen LogP contribution in [0, 0.1) is 0 Å². The lowest BCUT2D eigenvalue weighted by Crippen LogP contribution is -2.04. The van der Waals surface area contributed by atoms with Crippen LogP contribution < -0.4 is 14.8 Å². The zero-order valence-corrected chi connectivity index (χ0v) is 12.1. The lowest BCUT2D eigenvalue weighted by atomic mass is 10.2. The Morgan fingerprint density at radius 3 is 2.90 bits per heavy atom. The molecule has 1 N–H and O–H groups in total. The minimum Gasteiger partial charge on any atom is -0.494 e. The predicted octanol–water partition coefficient (Wildman–Crippen LogP) is 3.15. The van der Waals surface area contributed by atoms with E-state index in [1.165, 1.54) is 13.4 Å². The van der Waals surface area contributed by atoms with E-state index < -0.39 is 0 Å². The number of ether oxygens (including phenoxy) is 2. The van der Waals surface area contributed by atoms with Crippen LogP contribution in [0.5, 0.6) is 11.5 Å². The normalized spacial score (nSPS) is 10.2. The van der Waals surface area contributed by atoms with E-state index >= 15 is 0 Å². The molecule has 6 heteroatoms. The first-order chi connectivity index (χ1) is 9.74. The Bertz CT molecular complexity index is 578. The molecule has 106 valence electrons. The van der Waals surface area contributed by atoms with E-state index in [0.717, 1.165) is 11.3 Å². The third-order valence-electron chi connectivity index (χ3n) is 2.63. The van der Waals surface area contributed by atoms with E-state index in [1.807, 2.05) is 31.2 Å². The predicted molar refractivity (Wildman–Crippen MR) is 78.5 cm³/mol. The van der Waals surface area contributed by atoms with E-state index in [-0.39, 0.29) is 5.15 Å². The van der Waals surface area contributed by atoms with Crippen LogP contribution in [0.1, 0.15) is 12.5 Å². The summed E-state index contributed by atoms with van der Waals surface area (Å²) in [7, 11) is 1.53. The smallest absolute Gasteiger partial charge is 0.198 e. The molecule has 2 aromatic rings. The molecule has 0 fully saturated rings. The van der Waals surface area contributed by atoms with Crippen molar-refractivity contribution in [2.45, 2.75) is 13.5 Å². The third kappa shape index (κ3) is 3.51. The molecule has 0 saturated carbocycles. The van der Waals surface area contributed by atoms with Gasteiger partial charge in [-0.15, -0.1) is 0 Å². The van der Waals surface area contributed by atoms with Gasteiger partial charge in [-0.25, -0.2) is 9.97 Å². The van der Waals surface area contributed by atoms with Crippen molar-refractivity contribution in [2.24, 2.45) is 0 Å². The summed E-state index contributed by atoms with van der Waals surface area (Å²) in [5.74, 6) is 1.85. The molecule has 0 aliphatic carbocycles. The number of benzene rings is 1. The zero-order valence-electron chi connectivity index (χ0n) is 11.4. The molecule has 20 heavy (non-hydrogen) atoms. The maximum atomic E-state index is 5.94. The number of halogens is 1. The van der Waals surface area contributed by atoms with Crippen LogP contribution in [0.3, 0.4) is 0 Å². The molecule has 0 saturated heterocycles. The van der Waals surface area contributed by atoms with Crippen molar-refractivity contribution in [3.63, 3.8) is 0 Å². The Labute approximate surface area is 122 Å². The fourth-order valence-electron chi connectivity index (χ4n) is 1.76. The van der Waals surface area contributed by atoms with Gasteiger partial charge < -0.3 is 14.8 Å². The monoisotopic (exact) mass is 293 g/mol. The van der Waals surface area contributed by atoms with Crippen molar-refractivity contribution in [3.05, 3.63) is 41.3 Å². The lowest BCUT2D eigenvalue weighted by molar-refractivity contribution is 0.340. The van der Waals surface area contributed by atoms with Gasteiger partial charge in [0, 0.05) is 6.54 Å². The van der Waals surface area contributed by atoms with E-state index in [4.69, 9.17) is 21.1 Å². The molecule has 0 aliphatic heterocycles. The molecule has 0 aliphatic rings. The van der Waals surface area contributed by atoms with Crippen molar-refractivity contribution in [1.29, 1.82) is 0 Å². The van der Waals surface area contributed by atoms with Gasteiger partial charge in [0.2, 0.25) is 0 Å². The van der Waals surface area contributed by atoms with Gasteiger partial charge in [-0.3, -0.25) is 0 Å². The Morgan fingerprint density at radius 2 is 2.15 bits per heavy atom. The number of anilines is 1. The Kier molecular flexibility index (Phi) is 5.01. The molecule has 0 amide bonds. The highest BCUT2D eigenvalue weighted by Crippen LogP contribution is 2.28. The Hall–Kier alpha value is -2.01. The van der Waals surface area contributed by atoms with Crippen LogP contribution in [-0.2, 0) is 6.54 Å². The van der Waals surface area contributed by atoms with Crippen molar-refractivity contribution in [1.82, 2.24) is 9.97 Å².